The standard InChI is InChI=1S/C28H36F3N5O2/c1-20(2)19-25(27(38)33-12-11-32)34-26(28(29,30)31)23-5-3-21(4-6-23)22-7-9-24(10-8-22)36-15-13-35(14-16-36)17-18-37/h3-10,20,25-26,34,37H,12-19H2,1-2H3,(H,33,38)/t25-,26?/m0/s1. The van der Waals surface area contributed by atoms with Gasteiger partial charge in [-0.25, -0.2) is 0 Å². The van der Waals surface area contributed by atoms with Crippen molar-refractivity contribution in [3.8, 4) is 17.2 Å². The second-order valence-corrected chi connectivity index (χ2v) is 9.92. The number of carbonyl (C=O) groups excluding carboxylic acids is 1. The highest BCUT2D eigenvalue weighted by Crippen LogP contribution is 2.35. The summed E-state index contributed by atoms with van der Waals surface area (Å²) in [7, 11) is 0. The first-order valence-corrected chi connectivity index (χ1v) is 12.9. The van der Waals surface area contributed by atoms with Crippen LogP contribution in [0.2, 0.25) is 0 Å². The summed E-state index contributed by atoms with van der Waals surface area (Å²) < 4.78 is 42.2. The van der Waals surface area contributed by atoms with Gasteiger partial charge >= 0.3 is 6.18 Å². The summed E-state index contributed by atoms with van der Waals surface area (Å²) in [6.45, 7) is 7.73. The molecule has 0 radical (unpaired) electrons. The van der Waals surface area contributed by atoms with Crippen molar-refractivity contribution in [1.29, 1.82) is 5.26 Å². The summed E-state index contributed by atoms with van der Waals surface area (Å²) in [5.74, 6) is -0.648. The molecule has 3 rings (SSSR count). The van der Waals surface area contributed by atoms with Crippen molar-refractivity contribution in [2.45, 2.75) is 38.5 Å². The summed E-state index contributed by atoms with van der Waals surface area (Å²) in [6, 6.07) is 12.8. The lowest BCUT2D eigenvalue weighted by atomic mass is 9.97. The largest absolute Gasteiger partial charge is 0.407 e. The molecule has 0 aromatic heterocycles. The number of nitriles is 1. The van der Waals surface area contributed by atoms with Gasteiger partial charge in [-0.2, -0.15) is 18.4 Å². The number of alkyl halides is 3. The van der Waals surface area contributed by atoms with E-state index in [1.807, 2.05) is 38.1 Å². The molecule has 1 fully saturated rings. The smallest absolute Gasteiger partial charge is 0.395 e. The molecule has 1 amide bonds. The van der Waals surface area contributed by atoms with Crippen LogP contribution in [-0.4, -0.2) is 74.0 Å². The quantitative estimate of drug-likeness (QED) is 0.383. The fourth-order valence-corrected chi connectivity index (χ4v) is 4.66. The Hall–Kier alpha value is -3.13. The van der Waals surface area contributed by atoms with Gasteiger partial charge in [0.15, 0.2) is 0 Å². The van der Waals surface area contributed by atoms with Gasteiger partial charge < -0.3 is 15.3 Å². The van der Waals surface area contributed by atoms with Gasteiger partial charge in [0.2, 0.25) is 5.91 Å². The van der Waals surface area contributed by atoms with Crippen molar-refractivity contribution in [2.24, 2.45) is 5.92 Å². The molecule has 0 saturated carbocycles. The van der Waals surface area contributed by atoms with Crippen LogP contribution >= 0.6 is 0 Å². The molecular formula is C28H36F3N5O2. The van der Waals surface area contributed by atoms with Crippen LogP contribution in [0.25, 0.3) is 11.1 Å². The second-order valence-electron chi connectivity index (χ2n) is 9.92. The predicted molar refractivity (Wildman–Crippen MR) is 141 cm³/mol. The zero-order valence-corrected chi connectivity index (χ0v) is 21.8. The summed E-state index contributed by atoms with van der Waals surface area (Å²) in [5.41, 5.74) is 2.78. The van der Waals surface area contributed by atoms with Crippen molar-refractivity contribution in [3.63, 3.8) is 0 Å². The topological polar surface area (TPSA) is 91.6 Å². The van der Waals surface area contributed by atoms with Gasteiger partial charge in [-0.05, 0) is 41.2 Å². The number of piperazine rings is 1. The Kier molecular flexibility index (Phi) is 10.5. The first kappa shape index (κ1) is 29.4. The van der Waals surface area contributed by atoms with E-state index < -0.39 is 24.2 Å². The third-order valence-corrected chi connectivity index (χ3v) is 6.66. The number of halogens is 3. The van der Waals surface area contributed by atoms with Crippen LogP contribution in [0.15, 0.2) is 48.5 Å². The molecule has 0 bridgehead atoms. The first-order valence-electron chi connectivity index (χ1n) is 12.9. The number of aliphatic hydroxyl groups is 1. The lowest BCUT2D eigenvalue weighted by molar-refractivity contribution is -0.161. The third-order valence-electron chi connectivity index (χ3n) is 6.66. The molecule has 0 spiro atoms. The van der Waals surface area contributed by atoms with Gasteiger partial charge in [-0.1, -0.05) is 50.2 Å². The summed E-state index contributed by atoms with van der Waals surface area (Å²) in [6.07, 6.45) is -4.42. The van der Waals surface area contributed by atoms with E-state index in [-0.39, 0.29) is 31.1 Å². The van der Waals surface area contributed by atoms with Crippen LogP contribution in [0.1, 0.15) is 31.9 Å². The van der Waals surface area contributed by atoms with Gasteiger partial charge in [0.25, 0.3) is 0 Å². The molecule has 0 aliphatic carbocycles. The Bertz CT molecular complexity index is 1060. The number of hydrogen-bond acceptors (Lipinski definition) is 6. The number of nitrogens with one attached hydrogen (secondary N) is 2. The zero-order chi connectivity index (χ0) is 27.7. The van der Waals surface area contributed by atoms with Crippen molar-refractivity contribution in [2.75, 3.05) is 50.8 Å². The molecule has 2 aromatic rings. The van der Waals surface area contributed by atoms with E-state index in [0.717, 1.165) is 43.0 Å². The number of carbonyl (C=O) groups is 1. The molecule has 7 nitrogen and oxygen atoms in total. The number of β-amino-alcohol motifs (C(OH)–C–C–N with tert-alkyl or cyclic N) is 1. The third kappa shape index (κ3) is 8.18. The monoisotopic (exact) mass is 531 g/mol. The van der Waals surface area contributed by atoms with E-state index in [2.05, 4.69) is 20.4 Å². The zero-order valence-electron chi connectivity index (χ0n) is 21.8. The van der Waals surface area contributed by atoms with Gasteiger partial charge in [-0.3, -0.25) is 15.0 Å². The molecular weight excluding hydrogens is 495 g/mol. The van der Waals surface area contributed by atoms with Gasteiger partial charge in [-0.15, -0.1) is 0 Å². The lowest BCUT2D eigenvalue weighted by Crippen LogP contribution is -2.49. The van der Waals surface area contributed by atoms with E-state index >= 15 is 0 Å². The number of benzene rings is 2. The Labute approximate surface area is 222 Å². The maximum Gasteiger partial charge on any atom is 0.407 e. The van der Waals surface area contributed by atoms with Crippen LogP contribution in [0.4, 0.5) is 18.9 Å². The van der Waals surface area contributed by atoms with Crippen LogP contribution in [0, 0.1) is 17.2 Å². The minimum atomic E-state index is -4.62. The molecule has 1 aliphatic heterocycles. The molecule has 2 aromatic carbocycles. The Morgan fingerprint density at radius 3 is 2.11 bits per heavy atom. The SMILES string of the molecule is CC(C)C[C@H](NC(c1ccc(-c2ccc(N3CCN(CCO)CC3)cc2)cc1)C(F)(F)F)C(=O)NCC#N. The lowest BCUT2D eigenvalue weighted by Gasteiger charge is -2.35. The van der Waals surface area contributed by atoms with Crippen molar-refractivity contribution < 1.29 is 23.1 Å². The predicted octanol–water partition coefficient (Wildman–Crippen LogP) is 3.72. The molecule has 38 heavy (non-hydrogen) atoms. The second kappa shape index (κ2) is 13.6. The highest BCUT2D eigenvalue weighted by Gasteiger charge is 2.42. The summed E-state index contributed by atoms with van der Waals surface area (Å²) >= 11 is 0. The van der Waals surface area contributed by atoms with Gasteiger partial charge in [0.05, 0.1) is 18.7 Å². The van der Waals surface area contributed by atoms with Gasteiger partial charge in [0.1, 0.15) is 12.6 Å². The molecule has 1 aliphatic rings. The van der Waals surface area contributed by atoms with Crippen molar-refractivity contribution in [3.05, 3.63) is 54.1 Å². The fourth-order valence-electron chi connectivity index (χ4n) is 4.66. The molecule has 3 N–H and O–H groups in total. The minimum Gasteiger partial charge on any atom is -0.395 e. The maximum atomic E-state index is 14.1. The molecule has 2 atom stereocenters. The number of anilines is 1. The summed E-state index contributed by atoms with van der Waals surface area (Å²) in [4.78, 5) is 16.9. The Morgan fingerprint density at radius 1 is 1.03 bits per heavy atom. The normalized spacial score (nSPS) is 16.2. The number of hydrogen-bond donors (Lipinski definition) is 3. The molecule has 206 valence electrons. The fraction of sp³-hybridized carbons (Fsp3) is 0.500. The number of amides is 1. The van der Waals surface area contributed by atoms with Crippen LogP contribution in [0.3, 0.4) is 0 Å². The van der Waals surface area contributed by atoms with E-state index in [9.17, 15) is 18.0 Å². The Morgan fingerprint density at radius 2 is 1.61 bits per heavy atom. The number of nitrogens with zero attached hydrogens (tertiary/aromatic N) is 3. The van der Waals surface area contributed by atoms with Crippen molar-refractivity contribution in [1.82, 2.24) is 15.5 Å². The first-order chi connectivity index (χ1) is 18.1. The van der Waals surface area contributed by atoms with Crippen LogP contribution in [0.5, 0.6) is 0 Å². The number of rotatable bonds is 11. The van der Waals surface area contributed by atoms with Crippen molar-refractivity contribution >= 4 is 11.6 Å². The molecule has 1 saturated heterocycles. The van der Waals surface area contributed by atoms with E-state index in [4.69, 9.17) is 10.4 Å². The number of aliphatic hydroxyl groups excluding tert-OH is 1. The highest BCUT2D eigenvalue weighted by atomic mass is 19.4. The van der Waals surface area contributed by atoms with Crippen LogP contribution in [-0.2, 0) is 4.79 Å². The molecule has 10 heteroatoms. The molecule has 1 unspecified atom stereocenters. The Balaban J connectivity index is 1.72. The van der Waals surface area contributed by atoms with Gasteiger partial charge in [0, 0.05) is 38.4 Å². The highest BCUT2D eigenvalue weighted by molar-refractivity contribution is 5.82. The van der Waals surface area contributed by atoms with E-state index in [1.165, 1.54) is 12.1 Å². The van der Waals surface area contributed by atoms with Crippen LogP contribution < -0.4 is 15.5 Å². The molecule has 1 heterocycles. The summed E-state index contributed by atoms with van der Waals surface area (Å²) in [5, 5.41) is 22.7. The van der Waals surface area contributed by atoms with E-state index in [0.29, 0.717) is 6.54 Å². The minimum absolute atomic E-state index is 0.0143. The van der Waals surface area contributed by atoms with E-state index in [1.54, 1.807) is 18.2 Å². The average molecular weight is 532 g/mol. The average Bonchev–Trinajstić information content (AvgIpc) is 2.89. The maximum absolute atomic E-state index is 14.1.